The highest BCUT2D eigenvalue weighted by molar-refractivity contribution is 7.81. The highest BCUT2D eigenvalue weighted by Gasteiger charge is 2.22. The number of hydrogen-bond acceptors (Lipinski definition) is 5. The van der Waals surface area contributed by atoms with Crippen LogP contribution in [0.15, 0.2) is 18.2 Å². The van der Waals surface area contributed by atoms with Gasteiger partial charge in [0.2, 0.25) is 0 Å². The lowest BCUT2D eigenvalue weighted by atomic mass is 9.95. The molecule has 6 nitrogen and oxygen atoms in total. The van der Waals surface area contributed by atoms with Gasteiger partial charge >= 0.3 is 10.5 Å². The summed E-state index contributed by atoms with van der Waals surface area (Å²) in [5, 5.41) is 2.80. The smallest absolute Gasteiger partial charge is 0.399 e. The molecule has 2 rings (SSSR count). The number of halogens is 1. The van der Waals surface area contributed by atoms with E-state index in [1.807, 2.05) is 0 Å². The van der Waals surface area contributed by atoms with Gasteiger partial charge in [0, 0.05) is 17.8 Å². The standard InChI is InChI=1S/C13H17FN2O4S/c14-21(18,19)20-12-8-9(15)6-7-11(12)13(17)16-10-4-2-1-3-5-10/h6-8,10H,1-5,15H2,(H,16,17). The van der Waals surface area contributed by atoms with E-state index >= 15 is 0 Å². The lowest BCUT2D eigenvalue weighted by Gasteiger charge is -2.23. The van der Waals surface area contributed by atoms with E-state index in [9.17, 15) is 17.1 Å². The number of carbonyl (C=O) groups excluding carboxylic acids is 1. The number of benzene rings is 1. The first-order chi connectivity index (χ1) is 9.85. The first-order valence-corrected chi connectivity index (χ1v) is 8.00. The van der Waals surface area contributed by atoms with Crippen LogP contribution in [0.1, 0.15) is 42.5 Å². The number of carbonyl (C=O) groups is 1. The largest absolute Gasteiger partial charge is 0.488 e. The van der Waals surface area contributed by atoms with Gasteiger partial charge in [-0.15, -0.1) is 0 Å². The third kappa shape index (κ3) is 4.59. The maximum atomic E-state index is 12.7. The van der Waals surface area contributed by atoms with E-state index in [1.165, 1.54) is 12.1 Å². The van der Waals surface area contributed by atoms with Crippen molar-refractivity contribution in [2.24, 2.45) is 0 Å². The van der Waals surface area contributed by atoms with E-state index in [0.29, 0.717) is 0 Å². The van der Waals surface area contributed by atoms with Crippen LogP contribution >= 0.6 is 0 Å². The maximum absolute atomic E-state index is 12.7. The van der Waals surface area contributed by atoms with Crippen molar-refractivity contribution < 1.29 is 21.3 Å². The van der Waals surface area contributed by atoms with Gasteiger partial charge in [-0.3, -0.25) is 4.79 Å². The summed E-state index contributed by atoms with van der Waals surface area (Å²) in [5.74, 6) is -0.911. The SMILES string of the molecule is Nc1ccc(C(=O)NC2CCCCC2)c(OS(=O)(=O)F)c1. The number of anilines is 1. The molecule has 21 heavy (non-hydrogen) atoms. The van der Waals surface area contributed by atoms with Crippen LogP contribution in [0.25, 0.3) is 0 Å². The minimum absolute atomic E-state index is 0.0404. The summed E-state index contributed by atoms with van der Waals surface area (Å²) in [4.78, 5) is 12.2. The Morgan fingerprint density at radius 1 is 1.29 bits per heavy atom. The Hall–Kier alpha value is -1.83. The predicted molar refractivity (Wildman–Crippen MR) is 75.8 cm³/mol. The Bertz CT molecular complexity index is 627. The highest BCUT2D eigenvalue weighted by Crippen LogP contribution is 2.25. The first-order valence-electron chi connectivity index (χ1n) is 6.69. The van der Waals surface area contributed by atoms with Crippen molar-refractivity contribution in [1.29, 1.82) is 0 Å². The molecule has 1 aliphatic carbocycles. The van der Waals surface area contributed by atoms with Crippen molar-refractivity contribution >= 4 is 22.1 Å². The predicted octanol–water partition coefficient (Wildman–Crippen LogP) is 1.92. The van der Waals surface area contributed by atoms with Gasteiger partial charge in [-0.25, -0.2) is 0 Å². The topological polar surface area (TPSA) is 98.5 Å². The van der Waals surface area contributed by atoms with Crippen molar-refractivity contribution in [3.8, 4) is 5.75 Å². The summed E-state index contributed by atoms with van der Waals surface area (Å²) in [6.07, 6.45) is 4.96. The Morgan fingerprint density at radius 2 is 1.95 bits per heavy atom. The van der Waals surface area contributed by atoms with Crippen molar-refractivity contribution in [3.63, 3.8) is 0 Å². The van der Waals surface area contributed by atoms with Gasteiger partial charge in [0.1, 0.15) is 0 Å². The molecule has 3 N–H and O–H groups in total. The van der Waals surface area contributed by atoms with Crippen LogP contribution in [0.5, 0.6) is 5.75 Å². The molecule has 1 fully saturated rings. The average molecular weight is 316 g/mol. The Morgan fingerprint density at radius 3 is 2.57 bits per heavy atom. The molecule has 0 saturated heterocycles. The van der Waals surface area contributed by atoms with Crippen molar-refractivity contribution in [1.82, 2.24) is 5.32 Å². The monoisotopic (exact) mass is 316 g/mol. The molecule has 0 atom stereocenters. The Balaban J connectivity index is 2.19. The van der Waals surface area contributed by atoms with E-state index in [0.717, 1.165) is 38.2 Å². The zero-order valence-electron chi connectivity index (χ0n) is 11.3. The molecule has 0 aromatic heterocycles. The Labute approximate surface area is 122 Å². The molecule has 0 bridgehead atoms. The van der Waals surface area contributed by atoms with Gasteiger partial charge in [0.15, 0.2) is 5.75 Å². The number of rotatable bonds is 4. The summed E-state index contributed by atoms with van der Waals surface area (Å²) in [6, 6.07) is 3.88. The second-order valence-corrected chi connectivity index (χ2v) is 5.99. The second kappa shape index (κ2) is 6.30. The molecule has 8 heteroatoms. The number of nitrogens with one attached hydrogen (secondary N) is 1. The lowest BCUT2D eigenvalue weighted by Crippen LogP contribution is -2.36. The number of hydrogen-bond donors (Lipinski definition) is 2. The molecule has 1 amide bonds. The molecule has 0 spiro atoms. The molecule has 1 aromatic carbocycles. The molecule has 0 radical (unpaired) electrons. The van der Waals surface area contributed by atoms with Crippen LogP contribution in [0.2, 0.25) is 0 Å². The minimum Gasteiger partial charge on any atom is -0.399 e. The van der Waals surface area contributed by atoms with Crippen molar-refractivity contribution in [2.75, 3.05) is 5.73 Å². The second-order valence-electron chi connectivity index (χ2n) is 5.04. The molecule has 0 heterocycles. The van der Waals surface area contributed by atoms with Gasteiger partial charge in [0.05, 0.1) is 5.56 Å². The zero-order valence-corrected chi connectivity index (χ0v) is 12.2. The van der Waals surface area contributed by atoms with E-state index in [2.05, 4.69) is 9.50 Å². The van der Waals surface area contributed by atoms with Gasteiger partial charge in [0.25, 0.3) is 5.91 Å². The van der Waals surface area contributed by atoms with Crippen LogP contribution in [-0.2, 0) is 10.5 Å². The maximum Gasteiger partial charge on any atom is 0.488 e. The van der Waals surface area contributed by atoms with Crippen LogP contribution in [0.4, 0.5) is 9.57 Å². The number of nitrogens with two attached hydrogens (primary N) is 1. The van der Waals surface area contributed by atoms with E-state index < -0.39 is 22.2 Å². The summed E-state index contributed by atoms with van der Waals surface area (Å²) in [7, 11) is -5.22. The minimum atomic E-state index is -5.22. The fourth-order valence-electron chi connectivity index (χ4n) is 2.41. The quantitative estimate of drug-likeness (QED) is 0.653. The molecular weight excluding hydrogens is 299 g/mol. The van der Waals surface area contributed by atoms with Gasteiger partial charge in [-0.05, 0) is 25.0 Å². The molecule has 1 saturated carbocycles. The van der Waals surface area contributed by atoms with Crippen LogP contribution in [-0.4, -0.2) is 20.4 Å². The summed E-state index contributed by atoms with van der Waals surface area (Å²) >= 11 is 0. The lowest BCUT2D eigenvalue weighted by molar-refractivity contribution is 0.0926. The van der Waals surface area contributed by atoms with Gasteiger partial charge in [-0.2, -0.15) is 8.42 Å². The average Bonchev–Trinajstić information content (AvgIpc) is 2.37. The first kappa shape index (κ1) is 15.6. The van der Waals surface area contributed by atoms with E-state index in [1.54, 1.807) is 0 Å². The fourth-order valence-corrected chi connectivity index (χ4v) is 2.77. The fraction of sp³-hybridized carbons (Fsp3) is 0.462. The van der Waals surface area contributed by atoms with Crippen LogP contribution < -0.4 is 15.2 Å². The van der Waals surface area contributed by atoms with Gasteiger partial charge < -0.3 is 15.2 Å². The van der Waals surface area contributed by atoms with E-state index in [4.69, 9.17) is 5.73 Å². The third-order valence-corrected chi connectivity index (χ3v) is 3.76. The highest BCUT2D eigenvalue weighted by atomic mass is 32.3. The zero-order chi connectivity index (χ0) is 15.5. The summed E-state index contributed by atoms with van der Waals surface area (Å²) in [5.41, 5.74) is 5.61. The molecule has 116 valence electrons. The summed E-state index contributed by atoms with van der Waals surface area (Å²) in [6.45, 7) is 0. The third-order valence-electron chi connectivity index (χ3n) is 3.38. The van der Waals surface area contributed by atoms with E-state index in [-0.39, 0.29) is 17.3 Å². The normalized spacial score (nSPS) is 16.4. The molecule has 0 unspecified atom stereocenters. The molecule has 0 aliphatic heterocycles. The number of amides is 1. The van der Waals surface area contributed by atoms with Crippen molar-refractivity contribution in [2.45, 2.75) is 38.1 Å². The van der Waals surface area contributed by atoms with Crippen LogP contribution in [0.3, 0.4) is 0 Å². The number of nitrogen functional groups attached to an aromatic ring is 1. The Kier molecular flexibility index (Phi) is 4.66. The van der Waals surface area contributed by atoms with Crippen molar-refractivity contribution in [3.05, 3.63) is 23.8 Å². The molecular formula is C13H17FN2O4S. The molecule has 1 aliphatic rings. The summed E-state index contributed by atoms with van der Waals surface area (Å²) < 4.78 is 38.1. The van der Waals surface area contributed by atoms with Gasteiger partial charge in [-0.1, -0.05) is 23.1 Å². The molecule has 1 aromatic rings. The van der Waals surface area contributed by atoms with Crippen LogP contribution in [0, 0.1) is 0 Å².